The Bertz CT molecular complexity index is 951. The summed E-state index contributed by atoms with van der Waals surface area (Å²) in [7, 11) is -3.51. The Kier molecular flexibility index (Phi) is 8.39. The largest absolute Gasteiger partial charge is 0.350 e. The molecule has 1 atom stereocenters. The van der Waals surface area contributed by atoms with Gasteiger partial charge >= 0.3 is 0 Å². The maximum Gasteiger partial charge on any atom is 0.243 e. The first-order chi connectivity index (χ1) is 13.7. The molecule has 1 amide bonds. The minimum atomic E-state index is -3.51. The van der Waals surface area contributed by atoms with Gasteiger partial charge in [0.1, 0.15) is 0 Å². The third kappa shape index (κ3) is 6.12. The Labute approximate surface area is 180 Å². The van der Waals surface area contributed by atoms with Gasteiger partial charge in [0.2, 0.25) is 15.9 Å². The number of benzene rings is 1. The summed E-state index contributed by atoms with van der Waals surface area (Å²) in [6, 6.07) is 9.50. The molecule has 0 unspecified atom stereocenters. The lowest BCUT2D eigenvalue weighted by Gasteiger charge is -2.19. The second kappa shape index (κ2) is 10.3. The predicted molar refractivity (Wildman–Crippen MR) is 116 cm³/mol. The van der Waals surface area contributed by atoms with Crippen LogP contribution in [0.1, 0.15) is 54.9 Å². The number of ketones is 1. The third-order valence-corrected chi connectivity index (χ3v) is 7.86. The third-order valence-electron chi connectivity index (χ3n) is 4.53. The molecule has 0 radical (unpaired) electrons. The molecular formula is C20H25ClN2O4S2. The molecule has 9 heteroatoms. The van der Waals surface area contributed by atoms with E-state index in [2.05, 4.69) is 5.32 Å². The smallest absolute Gasteiger partial charge is 0.243 e. The molecule has 1 heterocycles. The number of sulfonamides is 1. The van der Waals surface area contributed by atoms with Crippen LogP contribution >= 0.6 is 22.9 Å². The van der Waals surface area contributed by atoms with E-state index in [1.54, 1.807) is 50.2 Å². The number of hydrogen-bond acceptors (Lipinski definition) is 5. The SMILES string of the molecule is CCN(CC)S(=O)(=O)c1ccc([C@H](C)NC(=O)CCC(=O)c2ccc(Cl)s2)cc1. The summed E-state index contributed by atoms with van der Waals surface area (Å²) in [5.41, 5.74) is 0.785. The molecule has 1 N–H and O–H groups in total. The summed E-state index contributed by atoms with van der Waals surface area (Å²) in [5, 5.41) is 2.84. The first-order valence-corrected chi connectivity index (χ1v) is 12.0. The van der Waals surface area contributed by atoms with Crippen LogP contribution in [-0.2, 0) is 14.8 Å². The number of Topliss-reactive ketones (excluding diaryl/α,β-unsaturated/α-hetero) is 1. The van der Waals surface area contributed by atoms with Crippen LogP contribution in [0.3, 0.4) is 0 Å². The molecule has 6 nitrogen and oxygen atoms in total. The highest BCUT2D eigenvalue weighted by molar-refractivity contribution is 7.89. The van der Waals surface area contributed by atoms with Gasteiger partial charge in [-0.1, -0.05) is 37.6 Å². The van der Waals surface area contributed by atoms with Gasteiger partial charge in [-0.05, 0) is 36.8 Å². The van der Waals surface area contributed by atoms with Gasteiger partial charge in [0.15, 0.2) is 5.78 Å². The normalized spacial score (nSPS) is 12.7. The first-order valence-electron chi connectivity index (χ1n) is 9.37. The first kappa shape index (κ1) is 23.5. The van der Waals surface area contributed by atoms with Crippen LogP contribution < -0.4 is 5.32 Å². The molecule has 158 valence electrons. The maximum atomic E-state index is 12.5. The van der Waals surface area contributed by atoms with Gasteiger partial charge in [0, 0.05) is 25.9 Å². The Morgan fingerprint density at radius 3 is 2.21 bits per heavy atom. The highest BCUT2D eigenvalue weighted by Crippen LogP contribution is 2.23. The van der Waals surface area contributed by atoms with Crippen LogP contribution in [0.2, 0.25) is 4.34 Å². The number of carbonyl (C=O) groups excluding carboxylic acids is 2. The fourth-order valence-electron chi connectivity index (χ4n) is 2.85. The van der Waals surface area contributed by atoms with Gasteiger partial charge in [-0.25, -0.2) is 8.42 Å². The number of nitrogens with one attached hydrogen (secondary N) is 1. The zero-order valence-corrected chi connectivity index (χ0v) is 19.0. The highest BCUT2D eigenvalue weighted by atomic mass is 35.5. The number of rotatable bonds is 10. The summed E-state index contributed by atoms with van der Waals surface area (Å²) < 4.78 is 27.0. The van der Waals surface area contributed by atoms with E-state index in [4.69, 9.17) is 11.6 Å². The van der Waals surface area contributed by atoms with Gasteiger partial charge in [-0.2, -0.15) is 4.31 Å². The number of carbonyl (C=O) groups is 2. The van der Waals surface area contributed by atoms with Crippen molar-refractivity contribution in [2.45, 2.75) is 44.6 Å². The molecule has 0 aliphatic carbocycles. The quantitative estimate of drug-likeness (QED) is 0.541. The van der Waals surface area contributed by atoms with Crippen molar-refractivity contribution in [3.8, 4) is 0 Å². The minimum Gasteiger partial charge on any atom is -0.350 e. The van der Waals surface area contributed by atoms with Crippen molar-refractivity contribution < 1.29 is 18.0 Å². The van der Waals surface area contributed by atoms with E-state index in [0.717, 1.165) is 5.56 Å². The van der Waals surface area contributed by atoms with E-state index in [0.29, 0.717) is 22.3 Å². The Morgan fingerprint density at radius 1 is 1.07 bits per heavy atom. The van der Waals surface area contributed by atoms with Crippen molar-refractivity contribution in [2.24, 2.45) is 0 Å². The second-order valence-electron chi connectivity index (χ2n) is 6.47. The van der Waals surface area contributed by atoms with Crippen LogP contribution in [0, 0.1) is 0 Å². The van der Waals surface area contributed by atoms with Gasteiger partial charge in [0.05, 0.1) is 20.2 Å². The van der Waals surface area contributed by atoms with E-state index < -0.39 is 10.0 Å². The van der Waals surface area contributed by atoms with E-state index in [9.17, 15) is 18.0 Å². The zero-order chi connectivity index (χ0) is 21.6. The maximum absolute atomic E-state index is 12.5. The Hall–Kier alpha value is -1.74. The number of halogens is 1. The Morgan fingerprint density at radius 2 is 1.69 bits per heavy atom. The van der Waals surface area contributed by atoms with Crippen LogP contribution in [0.25, 0.3) is 0 Å². The highest BCUT2D eigenvalue weighted by Gasteiger charge is 2.21. The lowest BCUT2D eigenvalue weighted by molar-refractivity contribution is -0.121. The number of hydrogen-bond donors (Lipinski definition) is 1. The van der Waals surface area contributed by atoms with Crippen LogP contribution in [0.15, 0.2) is 41.3 Å². The minimum absolute atomic E-state index is 0.0765. The molecule has 0 saturated heterocycles. The van der Waals surface area contributed by atoms with E-state index in [-0.39, 0.29) is 35.5 Å². The van der Waals surface area contributed by atoms with Crippen LogP contribution in [0.4, 0.5) is 0 Å². The van der Waals surface area contributed by atoms with E-state index >= 15 is 0 Å². The molecule has 0 saturated carbocycles. The molecule has 0 aliphatic rings. The molecule has 0 fully saturated rings. The number of nitrogens with zero attached hydrogens (tertiary/aromatic N) is 1. The molecular weight excluding hydrogens is 432 g/mol. The summed E-state index contributed by atoms with van der Waals surface area (Å²) in [6.07, 6.45) is 0.184. The lowest BCUT2D eigenvalue weighted by Crippen LogP contribution is -2.30. The molecule has 0 spiro atoms. The molecule has 0 bridgehead atoms. The average molecular weight is 457 g/mol. The van der Waals surface area contributed by atoms with Crippen molar-refractivity contribution in [3.05, 3.63) is 51.2 Å². The van der Waals surface area contributed by atoms with Crippen molar-refractivity contribution in [2.75, 3.05) is 13.1 Å². The van der Waals surface area contributed by atoms with Gasteiger partial charge < -0.3 is 5.32 Å². The van der Waals surface area contributed by atoms with Crippen molar-refractivity contribution in [3.63, 3.8) is 0 Å². The monoisotopic (exact) mass is 456 g/mol. The average Bonchev–Trinajstić information content (AvgIpc) is 3.13. The van der Waals surface area contributed by atoms with Crippen molar-refractivity contribution >= 4 is 44.7 Å². The fraction of sp³-hybridized carbons (Fsp3) is 0.400. The van der Waals surface area contributed by atoms with Gasteiger partial charge in [-0.3, -0.25) is 9.59 Å². The molecule has 1 aromatic heterocycles. The van der Waals surface area contributed by atoms with Crippen molar-refractivity contribution in [1.82, 2.24) is 9.62 Å². The fourth-order valence-corrected chi connectivity index (χ4v) is 5.32. The summed E-state index contributed by atoms with van der Waals surface area (Å²) >= 11 is 7.02. The molecule has 2 aromatic rings. The lowest BCUT2D eigenvalue weighted by atomic mass is 10.1. The van der Waals surface area contributed by atoms with E-state index in [1.807, 2.05) is 6.92 Å². The van der Waals surface area contributed by atoms with Crippen molar-refractivity contribution in [1.29, 1.82) is 0 Å². The standard InChI is InChI=1S/C20H25ClN2O4S2/c1-4-23(5-2)29(26,27)16-8-6-15(7-9-16)14(3)22-20(25)13-10-17(24)18-11-12-19(21)28-18/h6-9,11-12,14H,4-5,10,13H2,1-3H3,(H,22,25)/t14-/m0/s1. The summed E-state index contributed by atoms with van der Waals surface area (Å²) in [5.74, 6) is -0.357. The van der Waals surface area contributed by atoms with Gasteiger partial charge in [0.25, 0.3) is 0 Å². The summed E-state index contributed by atoms with van der Waals surface area (Å²) in [4.78, 5) is 25.0. The summed E-state index contributed by atoms with van der Waals surface area (Å²) in [6.45, 7) is 6.22. The Balaban J connectivity index is 1.94. The second-order valence-corrected chi connectivity index (χ2v) is 10.1. The number of thiophene rings is 1. The molecule has 2 rings (SSSR count). The van der Waals surface area contributed by atoms with E-state index in [1.165, 1.54) is 15.6 Å². The molecule has 1 aromatic carbocycles. The van der Waals surface area contributed by atoms with Gasteiger partial charge in [-0.15, -0.1) is 11.3 Å². The van der Waals surface area contributed by atoms with Crippen LogP contribution in [0.5, 0.6) is 0 Å². The van der Waals surface area contributed by atoms with Crippen LogP contribution in [-0.4, -0.2) is 37.5 Å². The molecule has 0 aliphatic heterocycles. The number of amides is 1. The zero-order valence-electron chi connectivity index (χ0n) is 16.6. The molecule has 29 heavy (non-hydrogen) atoms. The topological polar surface area (TPSA) is 83.6 Å². The predicted octanol–water partition coefficient (Wildman–Crippen LogP) is 4.27.